The summed E-state index contributed by atoms with van der Waals surface area (Å²) in [5.41, 5.74) is 0.912. The zero-order valence-corrected chi connectivity index (χ0v) is 10.5. The first-order valence-electron chi connectivity index (χ1n) is 5.01. The van der Waals surface area contributed by atoms with E-state index >= 15 is 0 Å². The van der Waals surface area contributed by atoms with Crippen molar-refractivity contribution in [3.05, 3.63) is 12.2 Å². The van der Waals surface area contributed by atoms with Crippen LogP contribution in [0.4, 0.5) is 0 Å². The molecule has 0 aliphatic heterocycles. The second-order valence-electron chi connectivity index (χ2n) is 3.42. The van der Waals surface area contributed by atoms with Crippen LogP contribution in [0.3, 0.4) is 0 Å². The van der Waals surface area contributed by atoms with Crippen molar-refractivity contribution in [1.29, 1.82) is 0 Å². The minimum Gasteiger partial charge on any atom is -0.309 e. The Bertz CT molecular complexity index is 213. The van der Waals surface area contributed by atoms with Crippen LogP contribution in [0, 0.1) is 5.92 Å². The van der Waals surface area contributed by atoms with Crippen molar-refractivity contribution in [2.24, 2.45) is 5.92 Å². The van der Waals surface area contributed by atoms with E-state index < -0.39 is 7.60 Å². The lowest BCUT2D eigenvalue weighted by molar-refractivity contribution is 0.221. The van der Waals surface area contributed by atoms with Crippen LogP contribution in [0.1, 0.15) is 27.7 Å². The standard InChI is InChI=1S/C10H21O3P/c1-6-12-14(11,13-7-2)8-10(5)9(3)4/h9H,5-8H2,1-4H3. The molecule has 0 aromatic carbocycles. The van der Waals surface area contributed by atoms with Gasteiger partial charge >= 0.3 is 7.60 Å². The van der Waals surface area contributed by atoms with Crippen molar-refractivity contribution in [2.45, 2.75) is 27.7 Å². The third kappa shape index (κ3) is 4.94. The molecule has 0 rings (SSSR count). The minimum absolute atomic E-state index is 0.309. The van der Waals surface area contributed by atoms with Gasteiger partial charge in [0.2, 0.25) is 0 Å². The molecule has 0 atom stereocenters. The molecule has 0 fully saturated rings. The summed E-state index contributed by atoms with van der Waals surface area (Å²) in [6.45, 7) is 12.3. The maximum atomic E-state index is 12.0. The Morgan fingerprint density at radius 2 is 1.71 bits per heavy atom. The molecule has 0 radical (unpaired) electrons. The van der Waals surface area contributed by atoms with Gasteiger partial charge in [0.25, 0.3) is 0 Å². The summed E-state index contributed by atoms with van der Waals surface area (Å²) in [6.07, 6.45) is 0.326. The van der Waals surface area contributed by atoms with Crippen LogP contribution >= 0.6 is 7.60 Å². The van der Waals surface area contributed by atoms with Gasteiger partial charge in [0.1, 0.15) is 0 Å². The molecule has 0 aromatic rings. The van der Waals surface area contributed by atoms with E-state index in [1.807, 2.05) is 27.7 Å². The molecular formula is C10H21O3P. The molecule has 0 spiro atoms. The van der Waals surface area contributed by atoms with Gasteiger partial charge in [-0.25, -0.2) is 0 Å². The van der Waals surface area contributed by atoms with Crippen molar-refractivity contribution >= 4 is 7.60 Å². The molecule has 0 aromatic heterocycles. The first-order chi connectivity index (χ1) is 6.45. The highest BCUT2D eigenvalue weighted by molar-refractivity contribution is 7.54. The molecule has 0 aliphatic rings. The number of hydrogen-bond acceptors (Lipinski definition) is 3. The predicted molar refractivity (Wildman–Crippen MR) is 59.7 cm³/mol. The van der Waals surface area contributed by atoms with Crippen LogP contribution in [0.25, 0.3) is 0 Å². The Balaban J connectivity index is 4.36. The van der Waals surface area contributed by atoms with Gasteiger partial charge in [-0.2, -0.15) is 0 Å². The fourth-order valence-corrected chi connectivity index (χ4v) is 2.86. The monoisotopic (exact) mass is 220 g/mol. The summed E-state index contributed by atoms with van der Waals surface area (Å²) in [7, 11) is -2.93. The molecular weight excluding hydrogens is 199 g/mol. The summed E-state index contributed by atoms with van der Waals surface area (Å²) in [4.78, 5) is 0. The predicted octanol–water partition coefficient (Wildman–Crippen LogP) is 3.46. The maximum Gasteiger partial charge on any atom is 0.334 e. The van der Waals surface area contributed by atoms with E-state index in [9.17, 15) is 4.57 Å². The molecule has 4 heteroatoms. The van der Waals surface area contributed by atoms with Gasteiger partial charge < -0.3 is 9.05 Å². The Kier molecular flexibility index (Phi) is 6.34. The highest BCUT2D eigenvalue weighted by Gasteiger charge is 2.25. The molecule has 0 unspecified atom stereocenters. The third-order valence-electron chi connectivity index (χ3n) is 1.86. The summed E-state index contributed by atoms with van der Waals surface area (Å²) in [5.74, 6) is 0.309. The first kappa shape index (κ1) is 13.9. The lowest BCUT2D eigenvalue weighted by Gasteiger charge is -2.19. The fourth-order valence-electron chi connectivity index (χ4n) is 0.953. The normalized spacial score (nSPS) is 12.1. The van der Waals surface area contributed by atoms with Crippen LogP contribution in [0.2, 0.25) is 0 Å². The molecule has 0 N–H and O–H groups in total. The van der Waals surface area contributed by atoms with E-state index in [0.717, 1.165) is 5.57 Å². The van der Waals surface area contributed by atoms with Gasteiger partial charge in [-0.3, -0.25) is 4.57 Å². The second-order valence-corrected chi connectivity index (χ2v) is 5.47. The highest BCUT2D eigenvalue weighted by atomic mass is 31.2. The Hall–Kier alpha value is -0.110. The molecule has 0 amide bonds. The molecule has 14 heavy (non-hydrogen) atoms. The van der Waals surface area contributed by atoms with Gasteiger partial charge in [-0.1, -0.05) is 26.0 Å². The zero-order valence-electron chi connectivity index (χ0n) is 9.58. The summed E-state index contributed by atoms with van der Waals surface area (Å²) < 4.78 is 22.3. The molecule has 84 valence electrons. The first-order valence-corrected chi connectivity index (χ1v) is 6.73. The largest absolute Gasteiger partial charge is 0.334 e. The van der Waals surface area contributed by atoms with Gasteiger partial charge in [0.05, 0.1) is 19.4 Å². The SMILES string of the molecule is C=C(CP(=O)(OCC)OCC)C(C)C. The molecule has 0 saturated carbocycles. The van der Waals surface area contributed by atoms with Crippen LogP contribution in [0.15, 0.2) is 12.2 Å². The van der Waals surface area contributed by atoms with Gasteiger partial charge in [0, 0.05) is 0 Å². The minimum atomic E-state index is -2.93. The van der Waals surface area contributed by atoms with E-state index in [2.05, 4.69) is 6.58 Å². The number of hydrogen-bond donors (Lipinski definition) is 0. The maximum absolute atomic E-state index is 12.0. The Morgan fingerprint density at radius 1 is 1.29 bits per heavy atom. The van der Waals surface area contributed by atoms with Crippen molar-refractivity contribution < 1.29 is 13.6 Å². The summed E-state index contributed by atoms with van der Waals surface area (Å²) >= 11 is 0. The highest BCUT2D eigenvalue weighted by Crippen LogP contribution is 2.49. The Labute approximate surface area is 87.0 Å². The molecule has 0 bridgehead atoms. The number of allylic oxidation sites excluding steroid dienone is 1. The summed E-state index contributed by atoms with van der Waals surface area (Å²) in [5, 5.41) is 0. The zero-order chi connectivity index (χ0) is 11.2. The van der Waals surface area contributed by atoms with E-state index in [0.29, 0.717) is 25.3 Å². The molecule has 0 aliphatic carbocycles. The van der Waals surface area contributed by atoms with E-state index in [4.69, 9.17) is 9.05 Å². The van der Waals surface area contributed by atoms with Crippen LogP contribution < -0.4 is 0 Å². The smallest absolute Gasteiger partial charge is 0.309 e. The van der Waals surface area contributed by atoms with Crippen LogP contribution in [0.5, 0.6) is 0 Å². The molecule has 0 saturated heterocycles. The van der Waals surface area contributed by atoms with Crippen molar-refractivity contribution in [1.82, 2.24) is 0 Å². The molecule has 3 nitrogen and oxygen atoms in total. The topological polar surface area (TPSA) is 35.5 Å². The molecule has 0 heterocycles. The lowest BCUT2D eigenvalue weighted by atomic mass is 10.1. The second kappa shape index (κ2) is 6.39. The third-order valence-corrected chi connectivity index (χ3v) is 3.96. The van der Waals surface area contributed by atoms with Gasteiger partial charge in [-0.15, -0.1) is 0 Å². The van der Waals surface area contributed by atoms with E-state index in [1.54, 1.807) is 0 Å². The van der Waals surface area contributed by atoms with Crippen molar-refractivity contribution in [2.75, 3.05) is 19.4 Å². The average molecular weight is 220 g/mol. The van der Waals surface area contributed by atoms with Gasteiger partial charge in [-0.05, 0) is 19.8 Å². The van der Waals surface area contributed by atoms with Crippen LogP contribution in [-0.4, -0.2) is 19.4 Å². The summed E-state index contributed by atoms with van der Waals surface area (Å²) in [6, 6.07) is 0. The quantitative estimate of drug-likeness (QED) is 0.487. The van der Waals surface area contributed by atoms with E-state index in [1.165, 1.54) is 0 Å². The van der Waals surface area contributed by atoms with Crippen molar-refractivity contribution in [3.8, 4) is 0 Å². The lowest BCUT2D eigenvalue weighted by Crippen LogP contribution is -2.05. The van der Waals surface area contributed by atoms with Crippen molar-refractivity contribution in [3.63, 3.8) is 0 Å². The van der Waals surface area contributed by atoms with Gasteiger partial charge in [0.15, 0.2) is 0 Å². The fraction of sp³-hybridized carbons (Fsp3) is 0.800. The van der Waals surface area contributed by atoms with Crippen LogP contribution in [-0.2, 0) is 13.6 Å². The average Bonchev–Trinajstić information content (AvgIpc) is 2.04. The Morgan fingerprint density at radius 3 is 2.00 bits per heavy atom. The van der Waals surface area contributed by atoms with E-state index in [-0.39, 0.29) is 0 Å². The number of rotatable bonds is 7.